The maximum atomic E-state index is 12.8. The zero-order valence-electron chi connectivity index (χ0n) is 15.7. The average molecular weight is 364 g/mol. The van der Waals surface area contributed by atoms with Crippen molar-refractivity contribution in [2.45, 2.75) is 25.9 Å². The van der Waals surface area contributed by atoms with E-state index >= 15 is 0 Å². The lowest BCUT2D eigenvalue weighted by atomic mass is 10.1. The Morgan fingerprint density at radius 1 is 1.15 bits per heavy atom. The molecule has 0 spiro atoms. The molecule has 1 amide bonds. The number of amides is 1. The molecule has 3 aromatic rings. The molecule has 0 radical (unpaired) electrons. The number of methoxy groups -OCH3 is 1. The third-order valence-electron chi connectivity index (χ3n) is 5.18. The minimum absolute atomic E-state index is 0.153. The molecular formula is C21H24N4O2. The van der Waals surface area contributed by atoms with E-state index in [2.05, 4.69) is 27.3 Å². The number of benzene rings is 1. The number of aromatic nitrogens is 2. The SMILES string of the molecule is COC1CCN(c2ccc(NC(=O)c3c(C)nc4ccccn34)cc2)CC1. The Morgan fingerprint density at radius 2 is 1.89 bits per heavy atom. The van der Waals surface area contributed by atoms with Crippen molar-refractivity contribution in [3.63, 3.8) is 0 Å². The van der Waals surface area contributed by atoms with Gasteiger partial charge in [-0.2, -0.15) is 0 Å². The third-order valence-corrected chi connectivity index (χ3v) is 5.18. The van der Waals surface area contributed by atoms with E-state index in [0.717, 1.165) is 43.0 Å². The molecule has 140 valence electrons. The number of rotatable bonds is 4. The van der Waals surface area contributed by atoms with Gasteiger partial charge < -0.3 is 15.0 Å². The molecule has 1 fully saturated rings. The van der Waals surface area contributed by atoms with Crippen LogP contribution in [0.15, 0.2) is 48.7 Å². The first-order chi connectivity index (χ1) is 13.2. The molecule has 1 aromatic carbocycles. The summed E-state index contributed by atoms with van der Waals surface area (Å²) in [6.45, 7) is 3.84. The number of aryl methyl sites for hydroxylation is 1. The number of hydrogen-bond acceptors (Lipinski definition) is 4. The summed E-state index contributed by atoms with van der Waals surface area (Å²) in [6, 6.07) is 13.7. The number of imidazole rings is 1. The van der Waals surface area contributed by atoms with Crippen LogP contribution in [-0.2, 0) is 4.74 Å². The summed E-state index contributed by atoms with van der Waals surface area (Å²) in [6.07, 6.45) is 4.32. The van der Waals surface area contributed by atoms with Gasteiger partial charge in [-0.3, -0.25) is 9.20 Å². The van der Waals surface area contributed by atoms with Gasteiger partial charge >= 0.3 is 0 Å². The minimum Gasteiger partial charge on any atom is -0.381 e. The van der Waals surface area contributed by atoms with Gasteiger partial charge in [0.25, 0.3) is 5.91 Å². The highest BCUT2D eigenvalue weighted by Crippen LogP contribution is 2.23. The molecule has 0 unspecified atom stereocenters. The quantitative estimate of drug-likeness (QED) is 0.770. The highest BCUT2D eigenvalue weighted by atomic mass is 16.5. The van der Waals surface area contributed by atoms with Crippen molar-refractivity contribution in [2.75, 3.05) is 30.4 Å². The second kappa shape index (κ2) is 7.40. The fourth-order valence-corrected chi connectivity index (χ4v) is 3.68. The molecular weight excluding hydrogens is 340 g/mol. The number of nitrogens with zero attached hydrogens (tertiary/aromatic N) is 3. The van der Waals surface area contributed by atoms with Crippen molar-refractivity contribution < 1.29 is 9.53 Å². The summed E-state index contributed by atoms with van der Waals surface area (Å²) in [5, 5.41) is 2.99. The van der Waals surface area contributed by atoms with Crippen LogP contribution in [0.5, 0.6) is 0 Å². The topological polar surface area (TPSA) is 58.9 Å². The number of piperidine rings is 1. The number of hydrogen-bond donors (Lipinski definition) is 1. The van der Waals surface area contributed by atoms with Gasteiger partial charge in [0.1, 0.15) is 11.3 Å². The molecule has 0 atom stereocenters. The van der Waals surface area contributed by atoms with Gasteiger partial charge in [0, 0.05) is 37.8 Å². The first-order valence-corrected chi connectivity index (χ1v) is 9.28. The Labute approximate surface area is 158 Å². The first kappa shape index (κ1) is 17.5. The van der Waals surface area contributed by atoms with E-state index in [4.69, 9.17) is 4.74 Å². The number of ether oxygens (including phenoxy) is 1. The number of nitrogens with one attached hydrogen (secondary N) is 1. The molecule has 3 heterocycles. The van der Waals surface area contributed by atoms with Crippen molar-refractivity contribution in [3.05, 3.63) is 60.0 Å². The monoisotopic (exact) mass is 364 g/mol. The molecule has 0 bridgehead atoms. The van der Waals surface area contributed by atoms with Crippen molar-refractivity contribution in [1.82, 2.24) is 9.38 Å². The number of carbonyl (C=O) groups is 1. The Morgan fingerprint density at radius 3 is 2.59 bits per heavy atom. The molecule has 6 nitrogen and oxygen atoms in total. The van der Waals surface area contributed by atoms with E-state index in [1.165, 1.54) is 5.69 Å². The van der Waals surface area contributed by atoms with Crippen LogP contribution in [0.2, 0.25) is 0 Å². The molecule has 4 rings (SSSR count). The third kappa shape index (κ3) is 3.53. The Kier molecular flexibility index (Phi) is 4.81. The van der Waals surface area contributed by atoms with Crippen LogP contribution in [0, 0.1) is 6.92 Å². The van der Waals surface area contributed by atoms with E-state index in [1.54, 1.807) is 7.11 Å². The Bertz CT molecular complexity index is 940. The largest absolute Gasteiger partial charge is 0.381 e. The maximum absolute atomic E-state index is 12.8. The molecule has 1 saturated heterocycles. The van der Waals surface area contributed by atoms with E-state index in [1.807, 2.05) is 47.9 Å². The lowest BCUT2D eigenvalue weighted by Gasteiger charge is -2.33. The van der Waals surface area contributed by atoms with Gasteiger partial charge in [0.05, 0.1) is 11.8 Å². The van der Waals surface area contributed by atoms with E-state index in [9.17, 15) is 4.79 Å². The lowest BCUT2D eigenvalue weighted by Crippen LogP contribution is -2.36. The highest BCUT2D eigenvalue weighted by molar-refractivity contribution is 6.04. The predicted molar refractivity (Wildman–Crippen MR) is 107 cm³/mol. The molecule has 6 heteroatoms. The van der Waals surface area contributed by atoms with Gasteiger partial charge in [-0.25, -0.2) is 4.98 Å². The minimum atomic E-state index is -0.153. The molecule has 1 aliphatic heterocycles. The molecule has 0 aliphatic carbocycles. The van der Waals surface area contributed by atoms with Crippen LogP contribution in [-0.4, -0.2) is 41.6 Å². The summed E-state index contributed by atoms with van der Waals surface area (Å²) < 4.78 is 7.25. The number of pyridine rings is 1. The van der Waals surface area contributed by atoms with Crippen LogP contribution < -0.4 is 10.2 Å². The zero-order valence-corrected chi connectivity index (χ0v) is 15.7. The number of anilines is 2. The summed E-state index contributed by atoms with van der Waals surface area (Å²) in [5.74, 6) is -0.153. The molecule has 2 aromatic heterocycles. The Hall–Kier alpha value is -2.86. The second-order valence-corrected chi connectivity index (χ2v) is 6.90. The van der Waals surface area contributed by atoms with Crippen LogP contribution in [0.25, 0.3) is 5.65 Å². The maximum Gasteiger partial charge on any atom is 0.274 e. The number of carbonyl (C=O) groups excluding carboxylic acids is 1. The molecule has 1 N–H and O–H groups in total. The predicted octanol–water partition coefficient (Wildman–Crippen LogP) is 3.51. The van der Waals surface area contributed by atoms with Gasteiger partial charge in [-0.15, -0.1) is 0 Å². The van der Waals surface area contributed by atoms with Crippen molar-refractivity contribution in [1.29, 1.82) is 0 Å². The van der Waals surface area contributed by atoms with Crippen LogP contribution >= 0.6 is 0 Å². The average Bonchev–Trinajstić information content (AvgIpc) is 3.04. The molecule has 0 saturated carbocycles. The van der Waals surface area contributed by atoms with Gasteiger partial charge in [0.2, 0.25) is 0 Å². The summed E-state index contributed by atoms with van der Waals surface area (Å²) in [5.41, 5.74) is 4.01. The van der Waals surface area contributed by atoms with E-state index < -0.39 is 0 Å². The second-order valence-electron chi connectivity index (χ2n) is 6.90. The van der Waals surface area contributed by atoms with Crippen LogP contribution in [0.4, 0.5) is 11.4 Å². The Balaban J connectivity index is 1.47. The van der Waals surface area contributed by atoms with Crippen LogP contribution in [0.1, 0.15) is 29.0 Å². The molecule has 27 heavy (non-hydrogen) atoms. The highest BCUT2D eigenvalue weighted by Gasteiger charge is 2.19. The number of fused-ring (bicyclic) bond motifs is 1. The van der Waals surface area contributed by atoms with Gasteiger partial charge in [0.15, 0.2) is 0 Å². The van der Waals surface area contributed by atoms with Gasteiger partial charge in [-0.1, -0.05) is 6.07 Å². The van der Waals surface area contributed by atoms with Crippen molar-refractivity contribution in [2.24, 2.45) is 0 Å². The summed E-state index contributed by atoms with van der Waals surface area (Å²) in [4.78, 5) is 19.6. The fraction of sp³-hybridized carbons (Fsp3) is 0.333. The lowest BCUT2D eigenvalue weighted by molar-refractivity contribution is 0.0819. The van der Waals surface area contributed by atoms with Crippen molar-refractivity contribution in [3.8, 4) is 0 Å². The zero-order chi connectivity index (χ0) is 18.8. The summed E-state index contributed by atoms with van der Waals surface area (Å²) in [7, 11) is 1.78. The first-order valence-electron chi connectivity index (χ1n) is 9.28. The smallest absolute Gasteiger partial charge is 0.274 e. The van der Waals surface area contributed by atoms with E-state index in [0.29, 0.717) is 11.8 Å². The summed E-state index contributed by atoms with van der Waals surface area (Å²) >= 11 is 0. The van der Waals surface area contributed by atoms with Crippen molar-refractivity contribution >= 4 is 22.9 Å². The standard InChI is InChI=1S/C21H24N4O2/c1-15-20(25-12-4-3-5-19(25)22-15)21(26)23-16-6-8-17(9-7-16)24-13-10-18(27-2)11-14-24/h3-9,12,18H,10-11,13-14H2,1-2H3,(H,23,26). The fourth-order valence-electron chi connectivity index (χ4n) is 3.68. The van der Waals surface area contributed by atoms with E-state index in [-0.39, 0.29) is 5.91 Å². The van der Waals surface area contributed by atoms with Crippen LogP contribution in [0.3, 0.4) is 0 Å². The molecule has 1 aliphatic rings. The normalized spacial score (nSPS) is 15.3. The van der Waals surface area contributed by atoms with Gasteiger partial charge in [-0.05, 0) is 56.2 Å².